The molecule has 0 aliphatic heterocycles. The van der Waals surface area contributed by atoms with Crippen molar-refractivity contribution in [3.8, 4) is 5.75 Å². The van der Waals surface area contributed by atoms with Gasteiger partial charge in [-0.1, -0.05) is 12.1 Å². The van der Waals surface area contributed by atoms with Crippen molar-refractivity contribution in [1.29, 1.82) is 0 Å². The molecule has 2 aromatic rings. The van der Waals surface area contributed by atoms with Crippen LogP contribution in [0.5, 0.6) is 5.75 Å². The molecule has 0 spiro atoms. The molecule has 1 atom stereocenters. The van der Waals surface area contributed by atoms with Gasteiger partial charge in [-0.2, -0.15) is 0 Å². The van der Waals surface area contributed by atoms with Gasteiger partial charge in [-0.3, -0.25) is 19.8 Å². The fourth-order valence-corrected chi connectivity index (χ4v) is 2.67. The Hall–Kier alpha value is -3.13. The highest BCUT2D eigenvalue weighted by Gasteiger charge is 2.21. The minimum absolute atomic E-state index is 0.113. The van der Waals surface area contributed by atoms with Gasteiger partial charge in [0.2, 0.25) is 5.91 Å². The summed E-state index contributed by atoms with van der Waals surface area (Å²) in [6, 6.07) is 11.8. The van der Waals surface area contributed by atoms with Gasteiger partial charge in [0.05, 0.1) is 23.8 Å². The minimum Gasteiger partial charge on any atom is -0.495 e. The summed E-state index contributed by atoms with van der Waals surface area (Å²) in [5.74, 6) is 0.0966. The third-order valence-corrected chi connectivity index (χ3v) is 4.58. The van der Waals surface area contributed by atoms with Crippen molar-refractivity contribution in [3.05, 3.63) is 58.1 Å². The van der Waals surface area contributed by atoms with Crippen molar-refractivity contribution in [2.24, 2.45) is 0 Å². The molecule has 0 aromatic heterocycles. The quantitative estimate of drug-likeness (QED) is 0.554. The molecule has 150 valence electrons. The highest BCUT2D eigenvalue weighted by atomic mass is 16.6. The number of likely N-dealkylation sites (N-methyl/N-ethyl adjacent to an activating group) is 1. The first-order valence-electron chi connectivity index (χ1n) is 8.82. The molecule has 28 heavy (non-hydrogen) atoms. The highest BCUT2D eigenvalue weighted by molar-refractivity contribution is 5.96. The average molecular weight is 386 g/mol. The number of nitro groups is 1. The second kappa shape index (κ2) is 9.18. The van der Waals surface area contributed by atoms with Crippen LogP contribution in [0.15, 0.2) is 42.5 Å². The van der Waals surface area contributed by atoms with Gasteiger partial charge in [0.1, 0.15) is 5.75 Å². The molecule has 0 saturated carbocycles. The van der Waals surface area contributed by atoms with Crippen LogP contribution in [-0.4, -0.2) is 50.0 Å². The van der Waals surface area contributed by atoms with Crippen LogP contribution in [0.25, 0.3) is 0 Å². The van der Waals surface area contributed by atoms with E-state index in [0.717, 1.165) is 11.3 Å². The van der Waals surface area contributed by atoms with Gasteiger partial charge >= 0.3 is 0 Å². The number of hydrogen-bond donors (Lipinski definition) is 1. The fourth-order valence-electron chi connectivity index (χ4n) is 2.67. The Morgan fingerprint density at radius 2 is 1.82 bits per heavy atom. The summed E-state index contributed by atoms with van der Waals surface area (Å²) in [6.07, 6.45) is 0. The molecule has 1 amide bonds. The summed E-state index contributed by atoms with van der Waals surface area (Å²) in [5, 5.41) is 13.7. The number of nitrogens with one attached hydrogen (secondary N) is 1. The molecule has 0 unspecified atom stereocenters. The minimum atomic E-state index is -0.512. The van der Waals surface area contributed by atoms with Crippen molar-refractivity contribution in [2.45, 2.75) is 19.5 Å². The van der Waals surface area contributed by atoms with Crippen LogP contribution in [-0.2, 0) is 11.3 Å². The number of carbonyl (C=O) groups excluding carboxylic acids is 1. The number of nitrogens with zero attached hydrogens (tertiary/aromatic N) is 3. The van der Waals surface area contributed by atoms with Crippen molar-refractivity contribution in [3.63, 3.8) is 0 Å². The lowest BCUT2D eigenvalue weighted by Gasteiger charge is -2.24. The van der Waals surface area contributed by atoms with E-state index >= 15 is 0 Å². The number of non-ortho nitro benzene ring substituents is 1. The van der Waals surface area contributed by atoms with E-state index in [4.69, 9.17) is 4.74 Å². The largest absolute Gasteiger partial charge is 0.495 e. The third-order valence-electron chi connectivity index (χ3n) is 4.58. The lowest BCUT2D eigenvalue weighted by molar-refractivity contribution is -0.384. The smallest absolute Gasteiger partial charge is 0.271 e. The zero-order valence-electron chi connectivity index (χ0n) is 16.8. The van der Waals surface area contributed by atoms with Gasteiger partial charge in [0.15, 0.2) is 0 Å². The molecule has 8 nitrogen and oxygen atoms in total. The van der Waals surface area contributed by atoms with E-state index in [1.165, 1.54) is 25.3 Å². The van der Waals surface area contributed by atoms with Crippen LogP contribution in [0.2, 0.25) is 0 Å². The zero-order valence-corrected chi connectivity index (χ0v) is 16.8. The van der Waals surface area contributed by atoms with Crippen molar-refractivity contribution in [2.75, 3.05) is 38.5 Å². The summed E-state index contributed by atoms with van der Waals surface area (Å²) in [5.41, 5.74) is 2.35. The van der Waals surface area contributed by atoms with E-state index in [0.29, 0.717) is 12.3 Å². The summed E-state index contributed by atoms with van der Waals surface area (Å²) in [6.45, 7) is 2.38. The van der Waals surface area contributed by atoms with E-state index in [1.54, 1.807) is 6.92 Å². The number of ether oxygens (including phenoxy) is 1. The summed E-state index contributed by atoms with van der Waals surface area (Å²) >= 11 is 0. The van der Waals surface area contributed by atoms with E-state index in [2.05, 4.69) is 5.32 Å². The number of rotatable bonds is 8. The molecule has 8 heteroatoms. The van der Waals surface area contributed by atoms with Gasteiger partial charge < -0.3 is 15.0 Å². The molecular formula is C20H26N4O4. The fraction of sp³-hybridized carbons (Fsp3) is 0.350. The number of amides is 1. The van der Waals surface area contributed by atoms with Crippen LogP contribution >= 0.6 is 0 Å². The summed E-state index contributed by atoms with van der Waals surface area (Å²) in [7, 11) is 7.27. The number of anilines is 2. The first kappa shape index (κ1) is 21.2. The Morgan fingerprint density at radius 3 is 2.36 bits per heavy atom. The van der Waals surface area contributed by atoms with Crippen molar-refractivity contribution < 1.29 is 14.5 Å². The lowest BCUT2D eigenvalue weighted by atomic mass is 10.1. The maximum Gasteiger partial charge on any atom is 0.271 e. The van der Waals surface area contributed by atoms with E-state index in [-0.39, 0.29) is 17.3 Å². The maximum absolute atomic E-state index is 12.7. The zero-order chi connectivity index (χ0) is 20.8. The molecule has 1 N–H and O–H groups in total. The number of hydrogen-bond acceptors (Lipinski definition) is 6. The highest BCUT2D eigenvalue weighted by Crippen LogP contribution is 2.29. The predicted octanol–water partition coefficient (Wildman–Crippen LogP) is 3.13. The normalized spacial score (nSPS) is 11.8. The number of benzene rings is 2. The lowest BCUT2D eigenvalue weighted by Crippen LogP contribution is -2.39. The van der Waals surface area contributed by atoms with Crippen LogP contribution < -0.4 is 15.0 Å². The first-order valence-corrected chi connectivity index (χ1v) is 8.82. The second-order valence-electron chi connectivity index (χ2n) is 6.78. The molecule has 0 fully saturated rings. The summed E-state index contributed by atoms with van der Waals surface area (Å²) < 4.78 is 5.19. The first-order chi connectivity index (χ1) is 13.2. The van der Waals surface area contributed by atoms with Crippen LogP contribution in [0.4, 0.5) is 17.1 Å². The van der Waals surface area contributed by atoms with Crippen LogP contribution in [0, 0.1) is 10.1 Å². The van der Waals surface area contributed by atoms with Gasteiger partial charge in [0.25, 0.3) is 5.69 Å². The van der Waals surface area contributed by atoms with Gasteiger partial charge in [-0.15, -0.1) is 0 Å². The summed E-state index contributed by atoms with van der Waals surface area (Å²) in [4.78, 5) is 27.1. The molecule has 0 bridgehead atoms. The number of carbonyl (C=O) groups is 1. The van der Waals surface area contributed by atoms with E-state index in [1.807, 2.05) is 55.2 Å². The Kier molecular flexibility index (Phi) is 6.94. The topological polar surface area (TPSA) is 87.9 Å². The molecule has 2 rings (SSSR count). The van der Waals surface area contributed by atoms with Crippen LogP contribution in [0.3, 0.4) is 0 Å². The van der Waals surface area contributed by atoms with Crippen molar-refractivity contribution >= 4 is 23.0 Å². The molecule has 0 aliphatic carbocycles. The van der Waals surface area contributed by atoms with E-state index in [9.17, 15) is 14.9 Å². The average Bonchev–Trinajstić information content (AvgIpc) is 2.67. The monoisotopic (exact) mass is 386 g/mol. The maximum atomic E-state index is 12.7. The number of nitro benzene ring substituents is 1. The predicted molar refractivity (Wildman–Crippen MR) is 110 cm³/mol. The Bertz CT molecular complexity index is 837. The Balaban J connectivity index is 2.07. The van der Waals surface area contributed by atoms with Gasteiger partial charge in [-0.05, 0) is 37.7 Å². The van der Waals surface area contributed by atoms with Crippen LogP contribution in [0.1, 0.15) is 12.5 Å². The van der Waals surface area contributed by atoms with Crippen molar-refractivity contribution in [1.82, 2.24) is 4.90 Å². The molecule has 0 saturated heterocycles. The number of methoxy groups -OCH3 is 1. The molecule has 0 aliphatic rings. The SMILES string of the molecule is COc1ccc([N+](=O)[O-])cc1NC(=O)[C@H](C)N(C)Cc1ccc(N(C)C)cc1. The molecular weight excluding hydrogens is 360 g/mol. The second-order valence-corrected chi connectivity index (χ2v) is 6.78. The Labute approximate surface area is 164 Å². The Morgan fingerprint density at radius 1 is 1.18 bits per heavy atom. The van der Waals surface area contributed by atoms with Gasteiger partial charge in [-0.25, -0.2) is 0 Å². The standard InChI is InChI=1S/C20H26N4O4/c1-14(23(4)13-15-6-8-16(9-7-15)22(2)3)20(25)21-18-12-17(24(26)27)10-11-19(18)28-5/h6-12,14H,13H2,1-5H3,(H,21,25)/t14-/m0/s1. The molecule has 0 heterocycles. The van der Waals surface area contributed by atoms with Gasteiger partial charge in [0, 0.05) is 38.5 Å². The molecule has 0 radical (unpaired) electrons. The third kappa shape index (κ3) is 5.20. The molecule has 2 aromatic carbocycles. The van der Waals surface area contributed by atoms with E-state index < -0.39 is 11.0 Å².